The van der Waals surface area contributed by atoms with E-state index in [4.69, 9.17) is 0 Å². The second-order valence-electron chi connectivity index (χ2n) is 7.68. The van der Waals surface area contributed by atoms with Gasteiger partial charge in [-0.25, -0.2) is 4.79 Å². The molecule has 26 heavy (non-hydrogen) atoms. The number of carbonyl (C=O) groups is 2. The summed E-state index contributed by atoms with van der Waals surface area (Å²) < 4.78 is 0. The average molecular weight is 356 g/mol. The molecule has 0 radical (unpaired) electrons. The Morgan fingerprint density at radius 3 is 2.38 bits per heavy atom. The van der Waals surface area contributed by atoms with Crippen molar-refractivity contribution in [2.24, 2.45) is 0 Å². The molecular formula is C20H28N4O2. The molecule has 0 saturated carbocycles. The Morgan fingerprint density at radius 2 is 1.77 bits per heavy atom. The predicted octanol–water partition coefficient (Wildman–Crippen LogP) is 1.15. The zero-order valence-corrected chi connectivity index (χ0v) is 15.3. The van der Waals surface area contributed by atoms with Gasteiger partial charge in [-0.15, -0.1) is 0 Å². The molecule has 3 aliphatic rings. The van der Waals surface area contributed by atoms with E-state index in [2.05, 4.69) is 39.8 Å². The molecule has 2 heterocycles. The Kier molecular flexibility index (Phi) is 4.85. The summed E-state index contributed by atoms with van der Waals surface area (Å²) in [5.41, 5.74) is 2.14. The van der Waals surface area contributed by atoms with Crippen LogP contribution in [0.1, 0.15) is 30.4 Å². The summed E-state index contributed by atoms with van der Waals surface area (Å²) in [7, 11) is 0. The van der Waals surface area contributed by atoms with Gasteiger partial charge in [0, 0.05) is 39.0 Å². The highest BCUT2D eigenvalue weighted by atomic mass is 16.2. The molecule has 0 aromatic heterocycles. The molecule has 2 fully saturated rings. The largest absolute Gasteiger partial charge is 0.353 e. The Hall–Kier alpha value is -2.08. The number of fused-ring (bicyclic) bond motifs is 1. The lowest BCUT2D eigenvalue weighted by atomic mass is 9.89. The highest BCUT2D eigenvalue weighted by molar-refractivity contribution is 5.88. The van der Waals surface area contributed by atoms with E-state index >= 15 is 0 Å². The number of amides is 3. The summed E-state index contributed by atoms with van der Waals surface area (Å²) in [4.78, 5) is 29.2. The van der Waals surface area contributed by atoms with E-state index in [0.29, 0.717) is 19.6 Å². The number of likely N-dealkylation sites (tertiary alicyclic amines) is 1. The third-order valence-electron chi connectivity index (χ3n) is 6.08. The van der Waals surface area contributed by atoms with Crippen molar-refractivity contribution in [3.63, 3.8) is 0 Å². The fourth-order valence-corrected chi connectivity index (χ4v) is 4.64. The van der Waals surface area contributed by atoms with Crippen LogP contribution in [0.4, 0.5) is 4.79 Å². The molecule has 2 N–H and O–H groups in total. The number of urea groups is 1. The van der Waals surface area contributed by atoms with Crippen molar-refractivity contribution in [2.45, 2.75) is 37.6 Å². The van der Waals surface area contributed by atoms with Gasteiger partial charge in [0.15, 0.2) is 0 Å². The van der Waals surface area contributed by atoms with Crippen LogP contribution in [-0.4, -0.2) is 66.5 Å². The van der Waals surface area contributed by atoms with Crippen LogP contribution in [0, 0.1) is 0 Å². The Bertz CT molecular complexity index is 659. The molecule has 3 amide bonds. The monoisotopic (exact) mass is 356 g/mol. The van der Waals surface area contributed by atoms with Crippen molar-refractivity contribution >= 4 is 11.9 Å². The van der Waals surface area contributed by atoms with E-state index in [0.717, 1.165) is 32.5 Å². The first-order valence-corrected chi connectivity index (χ1v) is 9.82. The number of nitrogens with one attached hydrogen (secondary N) is 2. The topological polar surface area (TPSA) is 64.7 Å². The number of nitrogens with zero attached hydrogens (tertiary/aromatic N) is 2. The Balaban J connectivity index is 1.46. The van der Waals surface area contributed by atoms with Crippen molar-refractivity contribution in [2.75, 3.05) is 39.3 Å². The predicted molar refractivity (Wildman–Crippen MR) is 100.0 cm³/mol. The standard InChI is InChI=1S/C20H28N4O2/c25-18(21-8-12-23-13-9-22-19(23)26)20(24-10-4-1-5-11-24)14-16-6-2-3-7-17(16)15-20/h2-3,6-7H,1,4-5,8-15H2,(H,21,25)(H,22,26). The molecule has 0 atom stereocenters. The van der Waals surface area contributed by atoms with Crippen molar-refractivity contribution in [1.82, 2.24) is 20.4 Å². The lowest BCUT2D eigenvalue weighted by Crippen LogP contribution is -2.61. The molecule has 1 aromatic carbocycles. The molecule has 6 heteroatoms. The van der Waals surface area contributed by atoms with Gasteiger partial charge in [-0.3, -0.25) is 9.69 Å². The van der Waals surface area contributed by atoms with Crippen LogP contribution in [0.25, 0.3) is 0 Å². The minimum absolute atomic E-state index is 0.0294. The van der Waals surface area contributed by atoms with Crippen LogP contribution in [0.2, 0.25) is 0 Å². The summed E-state index contributed by atoms with van der Waals surface area (Å²) in [6.07, 6.45) is 5.17. The van der Waals surface area contributed by atoms with Gasteiger partial charge in [-0.2, -0.15) is 0 Å². The summed E-state index contributed by atoms with van der Waals surface area (Å²) in [5.74, 6) is 0.121. The van der Waals surface area contributed by atoms with E-state index in [1.807, 2.05) is 0 Å². The second kappa shape index (κ2) is 7.27. The Morgan fingerprint density at radius 1 is 1.08 bits per heavy atom. The first-order chi connectivity index (χ1) is 12.7. The number of rotatable bonds is 5. The minimum Gasteiger partial charge on any atom is -0.353 e. The van der Waals surface area contributed by atoms with Crippen molar-refractivity contribution in [3.05, 3.63) is 35.4 Å². The summed E-state index contributed by atoms with van der Waals surface area (Å²) in [5, 5.41) is 5.94. The molecule has 0 spiro atoms. The SMILES string of the molecule is O=C1NCCN1CCNC(=O)C1(N2CCCCC2)Cc2ccccc2C1. The van der Waals surface area contributed by atoms with E-state index < -0.39 is 5.54 Å². The molecule has 2 saturated heterocycles. The maximum atomic E-state index is 13.3. The van der Waals surface area contributed by atoms with Crippen molar-refractivity contribution < 1.29 is 9.59 Å². The summed E-state index contributed by atoms with van der Waals surface area (Å²) in [6, 6.07) is 8.41. The molecule has 1 aromatic rings. The zero-order chi connectivity index (χ0) is 18.0. The third-order valence-corrected chi connectivity index (χ3v) is 6.08. The van der Waals surface area contributed by atoms with Gasteiger partial charge in [-0.05, 0) is 37.1 Å². The van der Waals surface area contributed by atoms with Crippen LogP contribution in [0.3, 0.4) is 0 Å². The van der Waals surface area contributed by atoms with Crippen molar-refractivity contribution in [1.29, 1.82) is 0 Å². The molecule has 2 aliphatic heterocycles. The molecule has 0 unspecified atom stereocenters. The maximum Gasteiger partial charge on any atom is 0.317 e. The van der Waals surface area contributed by atoms with Gasteiger partial charge in [0.1, 0.15) is 5.54 Å². The van der Waals surface area contributed by atoms with Gasteiger partial charge >= 0.3 is 6.03 Å². The lowest BCUT2D eigenvalue weighted by molar-refractivity contribution is -0.134. The zero-order valence-electron chi connectivity index (χ0n) is 15.3. The molecule has 0 bridgehead atoms. The maximum absolute atomic E-state index is 13.3. The van der Waals surface area contributed by atoms with E-state index in [1.165, 1.54) is 30.4 Å². The van der Waals surface area contributed by atoms with E-state index in [-0.39, 0.29) is 11.9 Å². The lowest BCUT2D eigenvalue weighted by Gasteiger charge is -2.42. The van der Waals surface area contributed by atoms with Gasteiger partial charge < -0.3 is 15.5 Å². The van der Waals surface area contributed by atoms with Crippen LogP contribution < -0.4 is 10.6 Å². The second-order valence-corrected chi connectivity index (χ2v) is 7.68. The number of hydrogen-bond donors (Lipinski definition) is 2. The number of carbonyl (C=O) groups excluding carboxylic acids is 2. The molecular weight excluding hydrogens is 328 g/mol. The fourth-order valence-electron chi connectivity index (χ4n) is 4.64. The number of benzene rings is 1. The molecule has 1 aliphatic carbocycles. The van der Waals surface area contributed by atoms with Crippen LogP contribution in [-0.2, 0) is 17.6 Å². The van der Waals surface area contributed by atoms with Gasteiger partial charge in [0.05, 0.1) is 0 Å². The first kappa shape index (κ1) is 17.3. The fraction of sp³-hybridized carbons (Fsp3) is 0.600. The van der Waals surface area contributed by atoms with Gasteiger partial charge in [-0.1, -0.05) is 30.7 Å². The summed E-state index contributed by atoms with van der Waals surface area (Å²) in [6.45, 7) is 4.49. The van der Waals surface area contributed by atoms with Crippen LogP contribution in [0.15, 0.2) is 24.3 Å². The molecule has 140 valence electrons. The highest BCUT2D eigenvalue weighted by Gasteiger charge is 2.48. The number of piperidine rings is 1. The van der Waals surface area contributed by atoms with E-state index in [1.54, 1.807) is 4.90 Å². The molecule has 4 rings (SSSR count). The highest BCUT2D eigenvalue weighted by Crippen LogP contribution is 2.36. The molecule has 6 nitrogen and oxygen atoms in total. The summed E-state index contributed by atoms with van der Waals surface area (Å²) >= 11 is 0. The normalized spacial score (nSPS) is 22.2. The van der Waals surface area contributed by atoms with Crippen LogP contribution >= 0.6 is 0 Å². The first-order valence-electron chi connectivity index (χ1n) is 9.82. The average Bonchev–Trinajstić information content (AvgIpc) is 3.26. The van der Waals surface area contributed by atoms with E-state index in [9.17, 15) is 9.59 Å². The van der Waals surface area contributed by atoms with Crippen molar-refractivity contribution in [3.8, 4) is 0 Å². The number of hydrogen-bond acceptors (Lipinski definition) is 3. The van der Waals surface area contributed by atoms with Gasteiger partial charge in [0.2, 0.25) is 5.91 Å². The quantitative estimate of drug-likeness (QED) is 0.832. The van der Waals surface area contributed by atoms with Gasteiger partial charge in [0.25, 0.3) is 0 Å². The minimum atomic E-state index is -0.461. The Labute approximate surface area is 154 Å². The smallest absolute Gasteiger partial charge is 0.317 e. The van der Waals surface area contributed by atoms with Crippen LogP contribution in [0.5, 0.6) is 0 Å². The third kappa shape index (κ3) is 3.18.